The molecule has 0 heterocycles. The van der Waals surface area contributed by atoms with Crippen molar-refractivity contribution in [3.8, 4) is 5.75 Å². The summed E-state index contributed by atoms with van der Waals surface area (Å²) >= 11 is 3.47. The highest BCUT2D eigenvalue weighted by molar-refractivity contribution is 9.10. The lowest BCUT2D eigenvalue weighted by Gasteiger charge is -2.40. The maximum Gasteiger partial charge on any atom is 0.259 e. The highest BCUT2D eigenvalue weighted by Gasteiger charge is 2.49. The summed E-state index contributed by atoms with van der Waals surface area (Å²) in [6.45, 7) is 3.97. The number of nitrogens with zero attached hydrogens (tertiary/aromatic N) is 1. The standard InChI is InChI=1S/C28H29BrN2O3/c1-19-8-6-9-20(2)25(19)30-27(33)28(16-4-5-17-28)31(23-12-14-24(34-3)15-13-23)26(32)21-10-7-11-22(29)18-21/h6-15,18H,4-5,16-17H2,1-3H3,(H,30,33). The van der Waals surface area contributed by atoms with Crippen molar-refractivity contribution in [3.05, 3.63) is 87.9 Å². The maximum atomic E-state index is 14.0. The summed E-state index contributed by atoms with van der Waals surface area (Å²) in [5, 5.41) is 3.18. The lowest BCUT2D eigenvalue weighted by atomic mass is 9.91. The number of carbonyl (C=O) groups is 2. The first-order chi connectivity index (χ1) is 16.4. The predicted octanol–water partition coefficient (Wildman–Crippen LogP) is 6.67. The molecule has 1 aliphatic rings. The van der Waals surface area contributed by atoms with Gasteiger partial charge < -0.3 is 10.1 Å². The Morgan fingerprint density at radius 3 is 2.15 bits per heavy atom. The van der Waals surface area contributed by atoms with Gasteiger partial charge in [-0.1, -0.05) is 53.0 Å². The van der Waals surface area contributed by atoms with Crippen LogP contribution in [-0.4, -0.2) is 24.5 Å². The zero-order valence-corrected chi connectivity index (χ0v) is 21.3. The summed E-state index contributed by atoms with van der Waals surface area (Å²) < 4.78 is 6.14. The molecule has 0 aromatic heterocycles. The molecule has 0 radical (unpaired) electrons. The van der Waals surface area contributed by atoms with E-state index >= 15 is 0 Å². The number of nitrogens with one attached hydrogen (secondary N) is 1. The van der Waals surface area contributed by atoms with Crippen LogP contribution in [0, 0.1) is 13.8 Å². The van der Waals surface area contributed by atoms with Gasteiger partial charge in [-0.3, -0.25) is 14.5 Å². The van der Waals surface area contributed by atoms with Crippen LogP contribution in [0.15, 0.2) is 71.2 Å². The molecule has 1 fully saturated rings. The van der Waals surface area contributed by atoms with Gasteiger partial charge in [0, 0.05) is 21.4 Å². The van der Waals surface area contributed by atoms with E-state index in [4.69, 9.17) is 4.74 Å². The van der Waals surface area contributed by atoms with Crippen LogP contribution >= 0.6 is 15.9 Å². The summed E-state index contributed by atoms with van der Waals surface area (Å²) in [5.41, 5.74) is 3.00. The van der Waals surface area contributed by atoms with Crippen molar-refractivity contribution in [2.45, 2.75) is 45.1 Å². The minimum Gasteiger partial charge on any atom is -0.497 e. The molecule has 1 saturated carbocycles. The van der Waals surface area contributed by atoms with E-state index in [9.17, 15) is 9.59 Å². The largest absolute Gasteiger partial charge is 0.497 e. The third-order valence-electron chi connectivity index (χ3n) is 6.61. The fourth-order valence-electron chi connectivity index (χ4n) is 4.79. The Balaban J connectivity index is 1.82. The molecular weight excluding hydrogens is 492 g/mol. The van der Waals surface area contributed by atoms with Crippen molar-refractivity contribution in [3.63, 3.8) is 0 Å². The minimum absolute atomic E-state index is 0.151. The van der Waals surface area contributed by atoms with Crippen molar-refractivity contribution in [2.75, 3.05) is 17.3 Å². The molecule has 0 spiro atoms. The first-order valence-corrected chi connectivity index (χ1v) is 12.3. The normalized spacial score (nSPS) is 14.5. The number of rotatable bonds is 6. The van der Waals surface area contributed by atoms with Gasteiger partial charge in [-0.05, 0) is 80.3 Å². The Morgan fingerprint density at radius 2 is 1.56 bits per heavy atom. The molecule has 0 unspecified atom stereocenters. The zero-order valence-electron chi connectivity index (χ0n) is 19.7. The van der Waals surface area contributed by atoms with Gasteiger partial charge in [0.25, 0.3) is 11.8 Å². The third kappa shape index (κ3) is 4.60. The fourth-order valence-corrected chi connectivity index (χ4v) is 5.19. The van der Waals surface area contributed by atoms with Gasteiger partial charge in [0.15, 0.2) is 0 Å². The van der Waals surface area contributed by atoms with Crippen molar-refractivity contribution in [1.82, 2.24) is 0 Å². The van der Waals surface area contributed by atoms with Crippen LogP contribution in [0.5, 0.6) is 5.75 Å². The average molecular weight is 521 g/mol. The van der Waals surface area contributed by atoms with E-state index in [0.29, 0.717) is 29.8 Å². The molecular formula is C28H29BrN2O3. The van der Waals surface area contributed by atoms with E-state index in [1.807, 2.05) is 68.4 Å². The molecule has 176 valence electrons. The van der Waals surface area contributed by atoms with E-state index in [1.165, 1.54) is 0 Å². The van der Waals surface area contributed by atoms with Gasteiger partial charge in [0.1, 0.15) is 11.3 Å². The fraction of sp³-hybridized carbons (Fsp3) is 0.286. The van der Waals surface area contributed by atoms with Crippen LogP contribution < -0.4 is 15.0 Å². The molecule has 0 bridgehead atoms. The number of para-hydroxylation sites is 1. The zero-order chi connectivity index (χ0) is 24.3. The highest BCUT2D eigenvalue weighted by atomic mass is 79.9. The summed E-state index contributed by atoms with van der Waals surface area (Å²) in [7, 11) is 1.61. The molecule has 1 aliphatic carbocycles. The first kappa shape index (κ1) is 24.0. The van der Waals surface area contributed by atoms with Crippen LogP contribution in [-0.2, 0) is 4.79 Å². The number of anilines is 2. The second kappa shape index (κ2) is 10.0. The first-order valence-electron chi connectivity index (χ1n) is 11.5. The molecule has 0 atom stereocenters. The molecule has 0 aliphatic heterocycles. The maximum absolute atomic E-state index is 14.0. The quantitative estimate of drug-likeness (QED) is 0.394. The molecule has 5 nitrogen and oxygen atoms in total. The second-order valence-electron chi connectivity index (χ2n) is 8.81. The van der Waals surface area contributed by atoms with E-state index in [-0.39, 0.29) is 11.8 Å². The molecule has 3 aromatic rings. The molecule has 0 saturated heterocycles. The molecule has 2 amide bonds. The van der Waals surface area contributed by atoms with Gasteiger partial charge in [0.2, 0.25) is 0 Å². The average Bonchev–Trinajstić information content (AvgIpc) is 3.33. The number of amides is 2. The number of ether oxygens (including phenoxy) is 1. The Morgan fingerprint density at radius 1 is 0.941 bits per heavy atom. The lowest BCUT2D eigenvalue weighted by molar-refractivity contribution is -0.121. The molecule has 4 rings (SSSR count). The van der Waals surface area contributed by atoms with Crippen molar-refractivity contribution < 1.29 is 14.3 Å². The Labute approximate surface area is 209 Å². The smallest absolute Gasteiger partial charge is 0.259 e. The van der Waals surface area contributed by atoms with Gasteiger partial charge in [-0.2, -0.15) is 0 Å². The van der Waals surface area contributed by atoms with Crippen molar-refractivity contribution in [2.24, 2.45) is 0 Å². The highest BCUT2D eigenvalue weighted by Crippen LogP contribution is 2.41. The van der Waals surface area contributed by atoms with Gasteiger partial charge in [0.05, 0.1) is 7.11 Å². The van der Waals surface area contributed by atoms with Crippen LogP contribution in [0.4, 0.5) is 11.4 Å². The van der Waals surface area contributed by atoms with E-state index in [0.717, 1.165) is 34.1 Å². The van der Waals surface area contributed by atoms with Crippen LogP contribution in [0.1, 0.15) is 47.2 Å². The molecule has 34 heavy (non-hydrogen) atoms. The molecule has 1 N–H and O–H groups in total. The number of halogens is 1. The second-order valence-corrected chi connectivity index (χ2v) is 9.72. The Kier molecular flexibility index (Phi) is 7.08. The Hall–Kier alpha value is -3.12. The van der Waals surface area contributed by atoms with Crippen LogP contribution in [0.3, 0.4) is 0 Å². The molecule has 6 heteroatoms. The SMILES string of the molecule is COc1ccc(N(C(=O)c2cccc(Br)c2)C2(C(=O)Nc3c(C)cccc3C)CCCC2)cc1. The third-order valence-corrected chi connectivity index (χ3v) is 7.10. The van der Waals surface area contributed by atoms with Crippen LogP contribution in [0.25, 0.3) is 0 Å². The number of methoxy groups -OCH3 is 1. The topological polar surface area (TPSA) is 58.6 Å². The Bertz CT molecular complexity index is 1180. The van der Waals surface area contributed by atoms with Gasteiger partial charge in [-0.15, -0.1) is 0 Å². The van der Waals surface area contributed by atoms with Crippen LogP contribution in [0.2, 0.25) is 0 Å². The molecule has 3 aromatic carbocycles. The lowest BCUT2D eigenvalue weighted by Crippen LogP contribution is -2.58. The van der Waals surface area contributed by atoms with Crippen molar-refractivity contribution >= 4 is 39.1 Å². The number of hydrogen-bond donors (Lipinski definition) is 1. The summed E-state index contributed by atoms with van der Waals surface area (Å²) in [6, 6.07) is 20.6. The van der Waals surface area contributed by atoms with Gasteiger partial charge in [-0.25, -0.2) is 0 Å². The summed E-state index contributed by atoms with van der Waals surface area (Å²) in [5.74, 6) is 0.339. The number of aryl methyl sites for hydroxylation is 2. The van der Waals surface area contributed by atoms with Crippen molar-refractivity contribution in [1.29, 1.82) is 0 Å². The van der Waals surface area contributed by atoms with E-state index in [2.05, 4.69) is 21.2 Å². The van der Waals surface area contributed by atoms with E-state index in [1.54, 1.807) is 24.1 Å². The van der Waals surface area contributed by atoms with E-state index < -0.39 is 5.54 Å². The monoisotopic (exact) mass is 520 g/mol. The summed E-state index contributed by atoms with van der Waals surface area (Å²) in [4.78, 5) is 29.8. The van der Waals surface area contributed by atoms with Gasteiger partial charge >= 0.3 is 0 Å². The number of benzene rings is 3. The number of carbonyl (C=O) groups excluding carboxylic acids is 2. The minimum atomic E-state index is -0.997. The summed E-state index contributed by atoms with van der Waals surface area (Å²) in [6.07, 6.45) is 2.93. The predicted molar refractivity (Wildman–Crippen MR) is 140 cm³/mol. The number of hydrogen-bond acceptors (Lipinski definition) is 3.